The number of carbonyl (C=O) groups excluding carboxylic acids is 2. The minimum absolute atomic E-state index is 0.0219. The molecule has 11 nitrogen and oxygen atoms in total. The summed E-state index contributed by atoms with van der Waals surface area (Å²) < 4.78 is 31.7. The van der Waals surface area contributed by atoms with E-state index in [2.05, 4.69) is 9.80 Å². The number of amides is 2. The number of benzene rings is 1. The number of aromatic nitrogens is 2. The molecule has 0 saturated carbocycles. The number of nitrogens with zero attached hydrogens (tertiary/aromatic N) is 6. The summed E-state index contributed by atoms with van der Waals surface area (Å²) >= 11 is 0. The third-order valence-corrected chi connectivity index (χ3v) is 10.6. The summed E-state index contributed by atoms with van der Waals surface area (Å²) in [5, 5.41) is 0. The molecular formula is C35H47FN6O5. The van der Waals surface area contributed by atoms with E-state index in [4.69, 9.17) is 24.2 Å². The van der Waals surface area contributed by atoms with Crippen LogP contribution in [-0.2, 0) is 29.0 Å². The number of rotatable bonds is 7. The molecular weight excluding hydrogens is 603 g/mol. The number of anilines is 1. The van der Waals surface area contributed by atoms with Crippen LogP contribution in [0.15, 0.2) is 30.3 Å². The molecule has 0 N–H and O–H groups in total. The molecule has 0 radical (unpaired) electrons. The second kappa shape index (κ2) is 12.7. The summed E-state index contributed by atoms with van der Waals surface area (Å²) in [6.45, 7) is 8.90. The molecule has 7 rings (SSSR count). The van der Waals surface area contributed by atoms with Crippen molar-refractivity contribution in [3.05, 3.63) is 47.2 Å². The summed E-state index contributed by atoms with van der Waals surface area (Å²) in [7, 11) is 0. The Bertz CT molecular complexity index is 1460. The first-order chi connectivity index (χ1) is 22.6. The minimum atomic E-state index is -0.558. The number of hydrogen-bond acceptors (Lipinski definition) is 9. The molecule has 2 aromatic rings. The average molecular weight is 651 g/mol. The zero-order valence-electron chi connectivity index (χ0n) is 27.8. The molecule has 0 spiro atoms. The van der Waals surface area contributed by atoms with Crippen LogP contribution in [0.5, 0.6) is 6.01 Å². The van der Waals surface area contributed by atoms with Gasteiger partial charge in [-0.1, -0.05) is 30.3 Å². The van der Waals surface area contributed by atoms with E-state index in [0.717, 1.165) is 67.7 Å². The van der Waals surface area contributed by atoms with Gasteiger partial charge in [0.15, 0.2) is 0 Å². The Hall–Kier alpha value is -3.67. The van der Waals surface area contributed by atoms with E-state index in [1.807, 2.05) is 56.0 Å². The first-order valence-electron chi connectivity index (χ1n) is 17.2. The second-order valence-corrected chi connectivity index (χ2v) is 14.8. The van der Waals surface area contributed by atoms with Crippen molar-refractivity contribution in [1.29, 1.82) is 0 Å². The van der Waals surface area contributed by atoms with E-state index in [0.29, 0.717) is 39.2 Å². The Balaban J connectivity index is 1.12. The van der Waals surface area contributed by atoms with E-state index in [-0.39, 0.29) is 55.1 Å². The van der Waals surface area contributed by atoms with Crippen molar-refractivity contribution in [3.8, 4) is 6.01 Å². The molecule has 5 aliphatic heterocycles. The Morgan fingerprint density at radius 3 is 2.49 bits per heavy atom. The van der Waals surface area contributed by atoms with Crippen LogP contribution in [-0.4, -0.2) is 106 Å². The van der Waals surface area contributed by atoms with Crippen LogP contribution in [0, 0.1) is 0 Å². The smallest absolute Gasteiger partial charge is 0.410 e. The quantitative estimate of drug-likeness (QED) is 0.405. The topological polar surface area (TPSA) is 101 Å². The molecule has 4 atom stereocenters. The van der Waals surface area contributed by atoms with Gasteiger partial charge in [0.05, 0.1) is 29.9 Å². The molecule has 2 amide bonds. The fraction of sp³-hybridized carbons (Fsp3) is 0.657. The van der Waals surface area contributed by atoms with E-state index in [1.54, 1.807) is 4.90 Å². The maximum absolute atomic E-state index is 13.8. The summed E-state index contributed by atoms with van der Waals surface area (Å²) in [6, 6.07) is 9.93. The van der Waals surface area contributed by atoms with Crippen molar-refractivity contribution >= 4 is 18.0 Å². The van der Waals surface area contributed by atoms with Gasteiger partial charge in [-0.3, -0.25) is 9.80 Å². The van der Waals surface area contributed by atoms with Gasteiger partial charge in [-0.25, -0.2) is 14.0 Å². The van der Waals surface area contributed by atoms with Gasteiger partial charge in [0, 0.05) is 31.2 Å². The number of piperazine rings is 1. The molecule has 2 unspecified atom stereocenters. The van der Waals surface area contributed by atoms with Crippen LogP contribution < -0.4 is 9.64 Å². The Morgan fingerprint density at radius 2 is 1.77 bits per heavy atom. The summed E-state index contributed by atoms with van der Waals surface area (Å²) in [4.78, 5) is 44.4. The highest BCUT2D eigenvalue weighted by atomic mass is 19.1. The highest BCUT2D eigenvalue weighted by Gasteiger charge is 2.50. The van der Waals surface area contributed by atoms with Crippen LogP contribution in [0.1, 0.15) is 76.1 Å². The first kappa shape index (κ1) is 31.9. The van der Waals surface area contributed by atoms with Crippen LogP contribution in [0.3, 0.4) is 0 Å². The number of halogens is 1. The van der Waals surface area contributed by atoms with Crippen LogP contribution in [0.4, 0.5) is 19.8 Å². The fourth-order valence-corrected chi connectivity index (χ4v) is 8.35. The number of alkyl halides is 1. The molecule has 2 bridgehead atoms. The van der Waals surface area contributed by atoms with Gasteiger partial charge in [-0.15, -0.1) is 0 Å². The van der Waals surface area contributed by atoms with Gasteiger partial charge in [0.1, 0.15) is 31.3 Å². The lowest BCUT2D eigenvalue weighted by Crippen LogP contribution is -2.57. The molecule has 6 heterocycles. The van der Waals surface area contributed by atoms with Gasteiger partial charge < -0.3 is 24.0 Å². The molecule has 1 aromatic carbocycles. The van der Waals surface area contributed by atoms with E-state index in [9.17, 15) is 14.0 Å². The van der Waals surface area contributed by atoms with E-state index < -0.39 is 5.60 Å². The maximum Gasteiger partial charge on any atom is 0.410 e. The normalized spacial score (nSPS) is 27.1. The third-order valence-electron chi connectivity index (χ3n) is 10.6. The molecule has 4 saturated heterocycles. The Morgan fingerprint density at radius 1 is 1.00 bits per heavy atom. The van der Waals surface area contributed by atoms with Gasteiger partial charge in [0.2, 0.25) is 0 Å². The number of fused-ring (bicyclic) bond motifs is 4. The van der Waals surface area contributed by atoms with Crippen LogP contribution in [0.25, 0.3) is 0 Å². The standard InChI is InChI=1S/C35H47FN6O5/c1-34(2,3)47-33(44)42-26-10-11-27(42)20-40(19-26)30-28-13-17-39(32(43)45-22-24-8-5-4-6-9-24)21-29(28)37-31(38-30)46-23-35-14-7-16-41(35)25(18-36)12-15-35/h4-6,8-9,25-27H,7,10-23H2,1-3H3/t25?,26-,27+,35?. The van der Waals surface area contributed by atoms with Crippen LogP contribution in [0.2, 0.25) is 0 Å². The van der Waals surface area contributed by atoms with Gasteiger partial charge >= 0.3 is 18.2 Å². The van der Waals surface area contributed by atoms with Gasteiger partial charge in [-0.05, 0) is 77.8 Å². The van der Waals surface area contributed by atoms with E-state index in [1.165, 1.54) is 0 Å². The maximum atomic E-state index is 13.8. The van der Waals surface area contributed by atoms with Crippen LogP contribution >= 0.6 is 0 Å². The van der Waals surface area contributed by atoms with E-state index >= 15 is 0 Å². The third kappa shape index (κ3) is 6.45. The average Bonchev–Trinajstić information content (AvgIpc) is 3.71. The lowest BCUT2D eigenvalue weighted by molar-refractivity contribution is 0.0122. The minimum Gasteiger partial charge on any atom is -0.461 e. The Kier molecular flexibility index (Phi) is 8.65. The number of ether oxygens (including phenoxy) is 3. The lowest BCUT2D eigenvalue weighted by Gasteiger charge is -2.42. The van der Waals surface area contributed by atoms with Gasteiger partial charge in [0.25, 0.3) is 0 Å². The van der Waals surface area contributed by atoms with Crippen molar-refractivity contribution in [2.24, 2.45) is 0 Å². The molecule has 4 fully saturated rings. The zero-order valence-corrected chi connectivity index (χ0v) is 27.8. The monoisotopic (exact) mass is 650 g/mol. The van der Waals surface area contributed by atoms with Gasteiger partial charge in [-0.2, -0.15) is 9.97 Å². The summed E-state index contributed by atoms with van der Waals surface area (Å²) in [5.41, 5.74) is 1.94. The number of carbonyl (C=O) groups is 2. The molecule has 254 valence electrons. The molecule has 47 heavy (non-hydrogen) atoms. The zero-order chi connectivity index (χ0) is 32.8. The van der Waals surface area contributed by atoms with Crippen molar-refractivity contribution in [3.63, 3.8) is 0 Å². The van der Waals surface area contributed by atoms with Crippen molar-refractivity contribution in [2.75, 3.05) is 44.4 Å². The summed E-state index contributed by atoms with van der Waals surface area (Å²) in [6.07, 6.45) is 5.50. The lowest BCUT2D eigenvalue weighted by atomic mass is 9.95. The molecule has 12 heteroatoms. The van der Waals surface area contributed by atoms with Crippen molar-refractivity contribution < 1.29 is 28.2 Å². The van der Waals surface area contributed by atoms with Crippen molar-refractivity contribution in [2.45, 2.75) is 108 Å². The second-order valence-electron chi connectivity index (χ2n) is 14.8. The largest absolute Gasteiger partial charge is 0.461 e. The SMILES string of the molecule is CC(C)(C)OC(=O)N1[C@@H]2CC[C@H]1CN(c1nc(OCC34CCCN3C(CF)CC4)nc3c1CCN(C(=O)OCc1ccccc1)C3)C2. The molecule has 5 aliphatic rings. The molecule has 1 aromatic heterocycles. The fourth-order valence-electron chi connectivity index (χ4n) is 8.35. The highest BCUT2D eigenvalue weighted by molar-refractivity contribution is 5.71. The molecule has 0 aliphatic carbocycles. The van der Waals surface area contributed by atoms with Crippen molar-refractivity contribution in [1.82, 2.24) is 24.7 Å². The first-order valence-corrected chi connectivity index (χ1v) is 17.2. The Labute approximate surface area is 276 Å². The predicted molar refractivity (Wildman–Crippen MR) is 173 cm³/mol. The predicted octanol–water partition coefficient (Wildman–Crippen LogP) is 5.10. The summed E-state index contributed by atoms with van der Waals surface area (Å²) in [5.74, 6) is 0.817. The number of hydrogen-bond donors (Lipinski definition) is 0. The highest BCUT2D eigenvalue weighted by Crippen LogP contribution is 2.43.